The molecule has 2 rings (SSSR count). The number of fused-ring (bicyclic) bond motifs is 1. The van der Waals surface area contributed by atoms with Crippen molar-refractivity contribution in [1.82, 2.24) is 0 Å². The Balaban J connectivity index is 2.77. The van der Waals surface area contributed by atoms with Gasteiger partial charge in [-0.2, -0.15) is 0 Å². The molecule has 0 radical (unpaired) electrons. The minimum Gasteiger partial charge on any atom is -0.507 e. The second kappa shape index (κ2) is 5.86. The summed E-state index contributed by atoms with van der Waals surface area (Å²) in [7, 11) is 0. The number of aromatic hydroxyl groups is 1. The Morgan fingerprint density at radius 3 is 2.26 bits per heavy atom. The normalized spacial score (nSPS) is 18.5. The van der Waals surface area contributed by atoms with Crippen molar-refractivity contribution < 1.29 is 34.8 Å². The van der Waals surface area contributed by atoms with Crippen LogP contribution in [0.25, 0.3) is 0 Å². The van der Waals surface area contributed by atoms with E-state index in [2.05, 4.69) is 0 Å². The van der Waals surface area contributed by atoms with E-state index in [4.69, 9.17) is 0 Å². The van der Waals surface area contributed by atoms with E-state index in [0.717, 1.165) is 0 Å². The van der Waals surface area contributed by atoms with Gasteiger partial charge in [0.25, 0.3) is 0 Å². The number of carbonyl (C=O) groups is 3. The number of aliphatic hydroxyl groups is 1. The van der Waals surface area contributed by atoms with Gasteiger partial charge in [0.15, 0.2) is 5.78 Å². The van der Waals surface area contributed by atoms with E-state index >= 15 is 0 Å². The van der Waals surface area contributed by atoms with Crippen molar-refractivity contribution in [2.24, 2.45) is 0 Å². The minimum atomic E-state index is -2.49. The molecule has 1 unspecified atom stereocenters. The van der Waals surface area contributed by atoms with Gasteiger partial charge in [-0.05, 0) is 25.0 Å². The number of Topliss-reactive ketones (excluding diaryl/α,β-unsaturated/α-hetero) is 1. The molecule has 1 heterocycles. The predicted octanol–water partition coefficient (Wildman–Crippen LogP) is 1.59. The molecule has 0 aromatic heterocycles. The van der Waals surface area contributed by atoms with Crippen LogP contribution in [0.5, 0.6) is 5.75 Å². The predicted molar refractivity (Wildman–Crippen MR) is 80.9 cm³/mol. The Labute approximate surface area is 135 Å². The van der Waals surface area contributed by atoms with Gasteiger partial charge in [-0.15, -0.1) is 0 Å². The molecule has 1 aromatic rings. The minimum absolute atomic E-state index is 0.0475. The van der Waals surface area contributed by atoms with Crippen LogP contribution >= 0.6 is 11.8 Å². The summed E-state index contributed by atoms with van der Waals surface area (Å²) in [4.78, 5) is 34.9. The summed E-state index contributed by atoms with van der Waals surface area (Å²) in [5.74, 6) is -4.12. The van der Waals surface area contributed by atoms with Crippen LogP contribution in [0.1, 0.15) is 47.9 Å². The zero-order valence-electron chi connectivity index (χ0n) is 12.5. The van der Waals surface area contributed by atoms with E-state index in [9.17, 15) is 34.8 Å². The summed E-state index contributed by atoms with van der Waals surface area (Å²) in [6.07, 6.45) is -0.915. The number of phenolic OH excluding ortho intramolecular Hbond substituents is 1. The number of hydrogen-bond donors (Lipinski definition) is 4. The fraction of sp³-hybridized carbons (Fsp3) is 0.400. The maximum absolute atomic E-state index is 11.7. The Hall–Kier alpha value is -2.06. The van der Waals surface area contributed by atoms with Crippen molar-refractivity contribution in [3.8, 4) is 5.75 Å². The van der Waals surface area contributed by atoms with E-state index in [1.54, 1.807) is 0 Å². The van der Waals surface area contributed by atoms with Gasteiger partial charge in [0, 0.05) is 10.5 Å². The van der Waals surface area contributed by atoms with Crippen LogP contribution in [-0.2, 0) is 16.0 Å². The lowest BCUT2D eigenvalue weighted by molar-refractivity contribution is -0.156. The van der Waals surface area contributed by atoms with Crippen LogP contribution in [0.4, 0.5) is 0 Å². The highest BCUT2D eigenvalue weighted by Gasteiger charge is 2.60. The van der Waals surface area contributed by atoms with Crippen LogP contribution in [0.3, 0.4) is 0 Å². The van der Waals surface area contributed by atoms with Crippen molar-refractivity contribution in [2.45, 2.75) is 42.4 Å². The largest absolute Gasteiger partial charge is 0.507 e. The molecular formula is C15H16O7S. The zero-order valence-corrected chi connectivity index (χ0v) is 13.3. The molecule has 7 nitrogen and oxygen atoms in total. The van der Waals surface area contributed by atoms with Crippen molar-refractivity contribution >= 4 is 29.5 Å². The third-order valence-electron chi connectivity index (χ3n) is 3.83. The van der Waals surface area contributed by atoms with Crippen LogP contribution in [-0.4, -0.2) is 42.9 Å². The van der Waals surface area contributed by atoms with E-state index in [0.29, 0.717) is 30.2 Å². The zero-order chi connectivity index (χ0) is 17.5. The summed E-state index contributed by atoms with van der Waals surface area (Å²) < 4.78 is -2.49. The van der Waals surface area contributed by atoms with Gasteiger partial charge >= 0.3 is 11.9 Å². The molecule has 0 bridgehead atoms. The van der Waals surface area contributed by atoms with E-state index in [1.807, 2.05) is 6.92 Å². The summed E-state index contributed by atoms with van der Waals surface area (Å²) in [5, 5.41) is 39.3. The lowest BCUT2D eigenvalue weighted by Gasteiger charge is -2.21. The highest BCUT2D eigenvalue weighted by atomic mass is 32.2. The maximum atomic E-state index is 11.7. The van der Waals surface area contributed by atoms with Crippen LogP contribution < -0.4 is 0 Å². The second-order valence-electron chi connectivity index (χ2n) is 5.33. The van der Waals surface area contributed by atoms with Crippen molar-refractivity contribution in [3.05, 3.63) is 22.8 Å². The molecule has 0 saturated carbocycles. The lowest BCUT2D eigenvalue weighted by atomic mass is 9.90. The van der Waals surface area contributed by atoms with Gasteiger partial charge < -0.3 is 20.4 Å². The molecule has 0 amide bonds. The first-order valence-corrected chi connectivity index (χ1v) is 7.73. The summed E-state index contributed by atoms with van der Waals surface area (Å²) in [5.41, 5.74) is 0.285. The monoisotopic (exact) mass is 340 g/mol. The molecule has 23 heavy (non-hydrogen) atoms. The molecular weight excluding hydrogens is 324 g/mol. The molecule has 1 aromatic carbocycles. The molecule has 1 aliphatic heterocycles. The SMILES string of the molecule is CCCc1c(O)c(C(C)=O)cc2c1SC(C(=O)O)(C(=O)O)C2O. The smallest absolute Gasteiger partial charge is 0.334 e. The molecule has 0 saturated heterocycles. The topological polar surface area (TPSA) is 132 Å². The number of carbonyl (C=O) groups excluding carboxylic acids is 1. The highest BCUT2D eigenvalue weighted by Crippen LogP contribution is 2.56. The number of phenols is 1. The molecule has 0 spiro atoms. The van der Waals surface area contributed by atoms with Crippen LogP contribution in [0.15, 0.2) is 11.0 Å². The number of aliphatic hydroxyl groups excluding tert-OH is 1. The standard InChI is InChI=1S/C15H16O7S/c1-3-4-7-10(17)8(6(2)16)5-9-11(7)23-15(12(9)18,13(19)20)14(21)22/h5,12,17-18H,3-4H2,1-2H3,(H,19,20)(H,21,22). The van der Waals surface area contributed by atoms with E-state index in [-0.39, 0.29) is 21.8 Å². The average molecular weight is 340 g/mol. The number of carboxylic acids is 2. The second-order valence-corrected chi connectivity index (χ2v) is 6.58. The van der Waals surface area contributed by atoms with Crippen LogP contribution in [0.2, 0.25) is 0 Å². The third-order valence-corrected chi connectivity index (χ3v) is 5.42. The van der Waals surface area contributed by atoms with Crippen LogP contribution in [0, 0.1) is 0 Å². The van der Waals surface area contributed by atoms with Gasteiger partial charge in [0.1, 0.15) is 11.9 Å². The molecule has 4 N–H and O–H groups in total. The number of carboxylic acid groups (broad SMARTS) is 2. The first kappa shape index (κ1) is 17.3. The summed E-state index contributed by atoms with van der Waals surface area (Å²) in [6.45, 7) is 3.05. The number of benzene rings is 1. The fourth-order valence-electron chi connectivity index (χ4n) is 2.66. The Bertz CT molecular complexity index is 696. The summed E-state index contributed by atoms with van der Waals surface area (Å²) in [6, 6.07) is 1.18. The van der Waals surface area contributed by atoms with E-state index < -0.39 is 28.6 Å². The van der Waals surface area contributed by atoms with Crippen molar-refractivity contribution in [1.29, 1.82) is 0 Å². The molecule has 1 atom stereocenters. The number of thioether (sulfide) groups is 1. The molecule has 0 aliphatic carbocycles. The number of rotatable bonds is 5. The first-order valence-electron chi connectivity index (χ1n) is 6.92. The highest BCUT2D eigenvalue weighted by molar-refractivity contribution is 8.02. The van der Waals surface area contributed by atoms with Gasteiger partial charge in [0.05, 0.1) is 5.56 Å². The fourth-order valence-corrected chi connectivity index (χ4v) is 4.00. The Morgan fingerprint density at radius 2 is 1.83 bits per heavy atom. The molecule has 1 aliphatic rings. The van der Waals surface area contributed by atoms with Crippen molar-refractivity contribution in [3.63, 3.8) is 0 Å². The first-order chi connectivity index (χ1) is 10.7. The lowest BCUT2D eigenvalue weighted by Crippen LogP contribution is -2.46. The number of aliphatic carboxylic acids is 2. The van der Waals surface area contributed by atoms with E-state index in [1.165, 1.54) is 13.0 Å². The van der Waals surface area contributed by atoms with Gasteiger partial charge in [-0.3, -0.25) is 4.79 Å². The van der Waals surface area contributed by atoms with Crippen molar-refractivity contribution in [2.75, 3.05) is 0 Å². The molecule has 8 heteroatoms. The Kier molecular flexibility index (Phi) is 4.41. The maximum Gasteiger partial charge on any atom is 0.334 e. The Morgan fingerprint density at radius 1 is 1.26 bits per heavy atom. The summed E-state index contributed by atoms with van der Waals surface area (Å²) >= 11 is 0.489. The van der Waals surface area contributed by atoms with Gasteiger partial charge in [-0.25, -0.2) is 9.59 Å². The number of hydrogen-bond acceptors (Lipinski definition) is 6. The molecule has 0 fully saturated rings. The van der Waals surface area contributed by atoms with Gasteiger partial charge in [0.2, 0.25) is 4.75 Å². The third kappa shape index (κ3) is 2.38. The quantitative estimate of drug-likeness (QED) is 0.469. The van der Waals surface area contributed by atoms with Gasteiger partial charge in [-0.1, -0.05) is 25.1 Å². The number of ketones is 1. The molecule has 124 valence electrons. The average Bonchev–Trinajstić information content (AvgIpc) is 2.75.